The fourth-order valence-corrected chi connectivity index (χ4v) is 18.3. The van der Waals surface area contributed by atoms with Crippen LogP contribution >= 0.6 is 18.4 Å². The minimum Gasteiger partial charge on any atom is -0.309 e. The lowest BCUT2D eigenvalue weighted by molar-refractivity contribution is 1.18. The van der Waals surface area contributed by atoms with E-state index in [-0.39, 0.29) is 0 Å². The van der Waals surface area contributed by atoms with E-state index < -0.39 is 0 Å². The fraction of sp³-hybridized carbons (Fsp3) is 0.00990. The molecule has 2 aliphatic rings. The molecule has 2 atom stereocenters. The van der Waals surface area contributed by atoms with Crippen LogP contribution in [-0.4, -0.2) is 31.9 Å². The van der Waals surface area contributed by atoms with Crippen LogP contribution in [0.15, 0.2) is 364 Å². The van der Waals surface area contributed by atoms with E-state index in [1.165, 1.54) is 227 Å². The summed E-state index contributed by atoms with van der Waals surface area (Å²) in [6.07, 6.45) is 0. The van der Waals surface area contributed by atoms with E-state index in [1.54, 1.807) is 0 Å². The van der Waals surface area contributed by atoms with Gasteiger partial charge in [0.2, 0.25) is 0 Å². The van der Waals surface area contributed by atoms with E-state index in [0.29, 0.717) is 6.06 Å². The number of fused-ring (bicyclic) bond motifs is 16. The molecule has 2 unspecified atom stereocenters. The number of aromatic nitrogens is 2. The van der Waals surface area contributed by atoms with Gasteiger partial charge in [-0.05, 0) is 215 Å². The molecule has 0 amide bonds. The maximum Gasteiger partial charge on any atom is 0.116 e. The highest BCUT2D eigenvalue weighted by Gasteiger charge is 2.35. The van der Waals surface area contributed by atoms with E-state index in [9.17, 15) is 0 Å². The fourth-order valence-electron chi connectivity index (χ4n) is 18.3. The molecule has 2 heterocycles. The van der Waals surface area contributed by atoms with E-state index >= 15 is 0 Å². The number of rotatable bonds is 7. The Morgan fingerprint density at radius 2 is 0.430 bits per heavy atom. The van der Waals surface area contributed by atoms with Gasteiger partial charge in [0.1, 0.15) is 7.53 Å². The van der Waals surface area contributed by atoms with Crippen LogP contribution < -0.4 is 0 Å². The predicted octanol–water partition coefficient (Wildman–Crippen LogP) is 27.2. The maximum absolute atomic E-state index is 6.05. The molecule has 23 rings (SSSR count). The average molecular weight is 1390 g/mol. The summed E-state index contributed by atoms with van der Waals surface area (Å²) in [5.74, 6) is 0. The molecule has 0 fully saturated rings. The predicted molar refractivity (Wildman–Crippen MR) is 471 cm³/mol. The maximum atomic E-state index is 6.05. The van der Waals surface area contributed by atoms with Gasteiger partial charge in [-0.1, -0.05) is 322 Å². The van der Waals surface area contributed by atoms with Gasteiger partial charge in [-0.25, -0.2) is 0 Å². The van der Waals surface area contributed by atoms with Crippen LogP contribution in [0.1, 0.15) is 0 Å². The smallest absolute Gasteiger partial charge is 0.116 e. The number of nitrogens with zero attached hydrogens (tertiary/aromatic N) is 2. The highest BCUT2D eigenvalue weighted by molar-refractivity contribution is 7.49. The zero-order chi connectivity index (χ0) is 72.1. The van der Waals surface area contributed by atoms with E-state index in [4.69, 9.17) is 9.18 Å². The highest BCUT2D eigenvalue weighted by Crippen LogP contribution is 2.63. The molecule has 0 saturated heterocycles. The zero-order valence-corrected chi connectivity index (χ0v) is 60.9. The molecule has 6 heteroatoms. The Bertz CT molecular complexity index is 6320. The molecule has 0 aliphatic heterocycles. The zero-order valence-electron chi connectivity index (χ0n) is 59.6. The summed E-state index contributed by atoms with van der Waals surface area (Å²) in [7, 11) is 10.5. The van der Waals surface area contributed by atoms with Crippen molar-refractivity contribution in [3.63, 3.8) is 0 Å². The third kappa shape index (κ3) is 9.90. The molecule has 497 valence electrons. The van der Waals surface area contributed by atoms with E-state index in [0.717, 1.165) is 0 Å². The van der Waals surface area contributed by atoms with Gasteiger partial charge in [0, 0.05) is 32.9 Å². The van der Waals surface area contributed by atoms with E-state index in [1.807, 2.05) is 0 Å². The van der Waals surface area contributed by atoms with Crippen molar-refractivity contribution in [1.29, 1.82) is 1.34 Å². The summed E-state index contributed by atoms with van der Waals surface area (Å²) in [4.78, 5) is 0. The molecule has 3 radical (unpaired) electrons. The summed E-state index contributed by atoms with van der Waals surface area (Å²) in [6, 6.07) is 135. The van der Waals surface area contributed by atoms with Crippen LogP contribution in [0.5, 0.6) is 0 Å². The van der Waals surface area contributed by atoms with Crippen molar-refractivity contribution in [2.45, 2.75) is 0 Å². The lowest BCUT2D eigenvalue weighted by atomic mass is 9.82. The standard InChI is InChI=1S/C64H36.C36H24N2.CH4BP.BH3P/c1-5-17-37(18-6-1)53-41-25-13-14-26-42(41)54(38-19-7-2-8-20-38)62-50-34-30-46-48-32-36-52-60-51(35-31-47(58(48)60)45-29-33-49(61(53)62)59(50)57(45)46)63-55(39-21-9-3-10-22-39)43-27-15-16-28-44(43)56(64(52)63)40-23-11-4-12-24-40;1-5-13-33-29(9-1)30-10-2-6-14-34(30)37(33)27-21-17-25(18-22-27)26-19-23-28(24-20-26)38-35-15-7-3-11-31(35)32-12-4-8-16-36(32)38;2-1-3;1-2/h1-36H;1-24H;1,3H2;1H,2H2/i;;;1D. The number of hydrogen-bond acceptors (Lipinski definition) is 0. The van der Waals surface area contributed by atoms with Gasteiger partial charge >= 0.3 is 0 Å². The summed E-state index contributed by atoms with van der Waals surface area (Å²) in [5, 5.41) is 21.0. The van der Waals surface area contributed by atoms with Crippen molar-refractivity contribution in [2.75, 3.05) is 6.06 Å². The van der Waals surface area contributed by atoms with Gasteiger partial charge in [-0.3, -0.25) is 0 Å². The summed E-state index contributed by atoms with van der Waals surface area (Å²) in [5.41, 5.74) is 30.6. The van der Waals surface area contributed by atoms with E-state index in [2.05, 4.69) is 391 Å². The van der Waals surface area contributed by atoms with Gasteiger partial charge in [0.15, 0.2) is 0 Å². The van der Waals surface area contributed by atoms with Crippen molar-refractivity contribution in [2.24, 2.45) is 0 Å². The lowest BCUT2D eigenvalue weighted by Gasteiger charge is -2.20. The van der Waals surface area contributed by atoms with Crippen LogP contribution in [0.25, 0.3) is 220 Å². The minimum atomic E-state index is 0.667. The van der Waals surface area contributed by atoms with Crippen molar-refractivity contribution in [1.82, 2.24) is 9.13 Å². The van der Waals surface area contributed by atoms with Gasteiger partial charge in [0.25, 0.3) is 0 Å². The highest BCUT2D eigenvalue weighted by atomic mass is 31.0. The summed E-state index contributed by atoms with van der Waals surface area (Å²) in [6.45, 7) is 0. The normalized spacial score (nSPS) is 11.9. The molecule has 0 spiro atoms. The first kappa shape index (κ1) is 63.1. The van der Waals surface area contributed by atoms with Crippen LogP contribution in [0, 0.1) is 0 Å². The monoisotopic (exact) mass is 1390 g/mol. The third-order valence-electron chi connectivity index (χ3n) is 22.4. The van der Waals surface area contributed by atoms with Crippen molar-refractivity contribution < 1.29 is 0 Å². The lowest BCUT2D eigenvalue weighted by Crippen LogP contribution is -1.94. The van der Waals surface area contributed by atoms with Crippen LogP contribution in [0.3, 0.4) is 0 Å². The molecular weight excluding hydrogens is 1320 g/mol. The Kier molecular flexibility index (Phi) is 15.5. The largest absolute Gasteiger partial charge is 0.309 e. The Balaban J connectivity index is 0.000000148. The number of para-hydroxylation sites is 4. The number of benzene rings is 19. The molecule has 2 aliphatic carbocycles. The first-order valence-electron chi connectivity index (χ1n) is 37.2. The average Bonchev–Trinajstić information content (AvgIpc) is 1.50. The first-order valence-corrected chi connectivity index (χ1v) is 38.1. The molecule has 2 aromatic heterocycles. The Morgan fingerprint density at radius 1 is 0.224 bits per heavy atom. The molecule has 2 nitrogen and oxygen atoms in total. The topological polar surface area (TPSA) is 9.86 Å². The Labute approximate surface area is 629 Å². The first-order chi connectivity index (χ1) is 53.5. The van der Waals surface area contributed by atoms with Crippen molar-refractivity contribution in [3.05, 3.63) is 364 Å². The van der Waals surface area contributed by atoms with Crippen LogP contribution in [-0.2, 0) is 0 Å². The van der Waals surface area contributed by atoms with Crippen molar-refractivity contribution in [3.8, 4) is 112 Å². The summed E-state index contributed by atoms with van der Waals surface area (Å²) < 4.78 is 10.8. The van der Waals surface area contributed by atoms with Crippen LogP contribution in [0.4, 0.5) is 0 Å². The molecular formula is C101H67B2N2P2. The molecule has 0 saturated carbocycles. The third-order valence-corrected chi connectivity index (χ3v) is 22.4. The van der Waals surface area contributed by atoms with Gasteiger partial charge < -0.3 is 9.13 Å². The Morgan fingerprint density at radius 3 is 0.664 bits per heavy atom. The second-order valence-corrected chi connectivity index (χ2v) is 28.2. The molecule has 19 aromatic carbocycles. The van der Waals surface area contributed by atoms with Crippen LogP contribution in [0.2, 0.25) is 0 Å². The second kappa shape index (κ2) is 26.3. The van der Waals surface area contributed by atoms with Gasteiger partial charge in [0.05, 0.1) is 29.9 Å². The molecule has 0 N–H and O–H groups in total. The molecule has 107 heavy (non-hydrogen) atoms. The number of hydrogen-bond donors (Lipinski definition) is 0. The van der Waals surface area contributed by atoms with Gasteiger partial charge in [-0.15, -0.1) is 9.24 Å². The van der Waals surface area contributed by atoms with Crippen molar-refractivity contribution >= 4 is 142 Å². The quantitative estimate of drug-likeness (QED) is 0.0651. The Hall–Kier alpha value is -12.4. The summed E-state index contributed by atoms with van der Waals surface area (Å²) >= 11 is 0. The molecule has 0 bridgehead atoms. The second-order valence-electron chi connectivity index (χ2n) is 27.8. The van der Waals surface area contributed by atoms with Gasteiger partial charge in [-0.2, -0.15) is 9.12 Å². The SMILES string of the molecule is [2H][B]P.[B]CP.c1ccc(-c2c3c(c(-c4ccccc4)c4ccccc24)-c2ccc4c5ccc6c7c(ccc(c8ccc-3c2c84)c75)-c2c-6c(-c3ccccc3)c3ccccc3c2-c2ccccc2)cc1.c1ccc2c(c1)c1ccccc1n2-c1ccc(-c2ccc(-n3c4ccccc4c4ccccc43)cc2)cc1. The molecule has 21 aromatic rings. The minimum absolute atomic E-state index is 0.667.